The second-order valence-corrected chi connectivity index (χ2v) is 6.00. The molecule has 2 amide bonds. The van der Waals surface area contributed by atoms with Crippen LogP contribution in [0.4, 0.5) is 31.1 Å². The van der Waals surface area contributed by atoms with Crippen molar-refractivity contribution < 1.29 is 35.9 Å². The Bertz CT molecular complexity index is 419. The Hall–Kier alpha value is -1.19. The standard InChI is InChI=1S/C13H18F6N2O2/c14-12(15,16)11(13(17,18)19)3-5-21(8-11)10(22)20-4-6-23-7-9-1-2-9/h9H,1-8H2,(H,20,22). The normalized spacial score (nSPS) is 21.6. The summed E-state index contributed by atoms with van der Waals surface area (Å²) in [4.78, 5) is 12.3. The summed E-state index contributed by atoms with van der Waals surface area (Å²) in [7, 11) is 0. The van der Waals surface area contributed by atoms with Crippen LogP contribution in [-0.2, 0) is 4.74 Å². The Morgan fingerprint density at radius 3 is 2.26 bits per heavy atom. The molecule has 1 saturated carbocycles. The van der Waals surface area contributed by atoms with Gasteiger partial charge in [-0.25, -0.2) is 4.79 Å². The molecule has 2 rings (SSSR count). The number of likely N-dealkylation sites (tertiary alicyclic amines) is 1. The highest BCUT2D eigenvalue weighted by Gasteiger charge is 2.72. The van der Waals surface area contributed by atoms with E-state index in [-0.39, 0.29) is 13.2 Å². The van der Waals surface area contributed by atoms with Crippen LogP contribution in [0.2, 0.25) is 0 Å². The average molecular weight is 348 g/mol. The number of halogens is 6. The van der Waals surface area contributed by atoms with Crippen molar-refractivity contribution in [1.82, 2.24) is 10.2 Å². The van der Waals surface area contributed by atoms with Crippen molar-refractivity contribution in [2.45, 2.75) is 31.6 Å². The first-order chi connectivity index (χ1) is 10.6. The summed E-state index contributed by atoms with van der Waals surface area (Å²) < 4.78 is 82.5. The molecule has 0 bridgehead atoms. The lowest BCUT2D eigenvalue weighted by molar-refractivity contribution is -0.334. The third-order valence-electron chi connectivity index (χ3n) is 4.21. The lowest BCUT2D eigenvalue weighted by Crippen LogP contribution is -2.53. The molecule has 134 valence electrons. The van der Waals surface area contributed by atoms with Crippen LogP contribution in [-0.4, -0.2) is 56.1 Å². The van der Waals surface area contributed by atoms with Crippen molar-refractivity contribution in [3.63, 3.8) is 0 Å². The fourth-order valence-corrected chi connectivity index (χ4v) is 2.48. The van der Waals surface area contributed by atoms with E-state index >= 15 is 0 Å². The van der Waals surface area contributed by atoms with Crippen molar-refractivity contribution in [2.75, 3.05) is 32.8 Å². The van der Waals surface area contributed by atoms with E-state index in [0.29, 0.717) is 17.4 Å². The average Bonchev–Trinajstić information content (AvgIpc) is 3.10. The van der Waals surface area contributed by atoms with Gasteiger partial charge in [0.25, 0.3) is 0 Å². The summed E-state index contributed by atoms with van der Waals surface area (Å²) in [5.41, 5.74) is -3.85. The Labute approximate surface area is 129 Å². The molecule has 0 aromatic carbocycles. The van der Waals surface area contributed by atoms with Crippen molar-refractivity contribution in [1.29, 1.82) is 0 Å². The molecule has 1 heterocycles. The van der Waals surface area contributed by atoms with Crippen LogP contribution in [0.5, 0.6) is 0 Å². The molecule has 0 atom stereocenters. The number of nitrogens with zero attached hydrogens (tertiary/aromatic N) is 1. The van der Waals surface area contributed by atoms with Gasteiger partial charge in [0.15, 0.2) is 5.41 Å². The number of carbonyl (C=O) groups is 1. The topological polar surface area (TPSA) is 41.6 Å². The molecule has 23 heavy (non-hydrogen) atoms. The predicted molar refractivity (Wildman–Crippen MR) is 67.7 cm³/mol. The second-order valence-electron chi connectivity index (χ2n) is 6.00. The van der Waals surface area contributed by atoms with Gasteiger partial charge < -0.3 is 15.0 Å². The highest BCUT2D eigenvalue weighted by molar-refractivity contribution is 5.74. The highest BCUT2D eigenvalue weighted by Crippen LogP contribution is 2.55. The zero-order chi connectivity index (χ0) is 17.3. The number of ether oxygens (including phenoxy) is 1. The summed E-state index contributed by atoms with van der Waals surface area (Å²) in [6, 6.07) is -0.935. The van der Waals surface area contributed by atoms with Crippen LogP contribution in [0.25, 0.3) is 0 Å². The van der Waals surface area contributed by atoms with Gasteiger partial charge in [-0.05, 0) is 25.2 Å². The summed E-state index contributed by atoms with van der Waals surface area (Å²) in [5, 5.41) is 2.29. The number of urea groups is 1. The smallest absolute Gasteiger partial charge is 0.379 e. The van der Waals surface area contributed by atoms with Gasteiger partial charge in [-0.3, -0.25) is 0 Å². The molecule has 2 aliphatic rings. The minimum Gasteiger partial charge on any atom is -0.379 e. The summed E-state index contributed by atoms with van der Waals surface area (Å²) in [6.07, 6.45) is -9.89. The summed E-state index contributed by atoms with van der Waals surface area (Å²) in [6.45, 7) is -1.21. The maximum absolute atomic E-state index is 12.9. The van der Waals surface area contributed by atoms with Crippen LogP contribution in [0.1, 0.15) is 19.3 Å². The van der Waals surface area contributed by atoms with E-state index in [0.717, 1.165) is 12.8 Å². The zero-order valence-electron chi connectivity index (χ0n) is 12.3. The lowest BCUT2D eigenvalue weighted by Gasteiger charge is -2.33. The maximum atomic E-state index is 12.9. The molecular weight excluding hydrogens is 330 g/mol. The van der Waals surface area contributed by atoms with Gasteiger partial charge in [0.05, 0.1) is 6.61 Å². The fraction of sp³-hybridized carbons (Fsp3) is 0.923. The van der Waals surface area contributed by atoms with E-state index in [1.807, 2.05) is 0 Å². The molecule has 0 aromatic heterocycles. The largest absolute Gasteiger partial charge is 0.404 e. The van der Waals surface area contributed by atoms with E-state index in [1.165, 1.54) is 0 Å². The van der Waals surface area contributed by atoms with Crippen LogP contribution >= 0.6 is 0 Å². The van der Waals surface area contributed by atoms with Gasteiger partial charge in [-0.15, -0.1) is 0 Å². The Morgan fingerprint density at radius 2 is 1.78 bits per heavy atom. The second kappa shape index (κ2) is 6.37. The van der Waals surface area contributed by atoms with Gasteiger partial charge in [0, 0.05) is 26.2 Å². The molecule has 2 fully saturated rings. The molecule has 1 N–H and O–H groups in total. The van der Waals surface area contributed by atoms with Gasteiger partial charge in [0.1, 0.15) is 0 Å². The molecule has 0 aromatic rings. The Kier molecular flexibility index (Phi) is 5.03. The van der Waals surface area contributed by atoms with Gasteiger partial charge >= 0.3 is 18.4 Å². The van der Waals surface area contributed by atoms with Crippen molar-refractivity contribution in [2.24, 2.45) is 11.3 Å². The van der Waals surface area contributed by atoms with E-state index in [1.54, 1.807) is 0 Å². The molecular formula is C13H18F6N2O2. The Morgan fingerprint density at radius 1 is 1.17 bits per heavy atom. The SMILES string of the molecule is O=C(NCCOCC1CC1)N1CCC(C(F)(F)F)(C(F)(F)F)C1. The van der Waals surface area contributed by atoms with E-state index < -0.39 is 43.3 Å². The maximum Gasteiger partial charge on any atom is 0.404 e. The monoisotopic (exact) mass is 348 g/mol. The van der Waals surface area contributed by atoms with Crippen molar-refractivity contribution >= 4 is 6.03 Å². The summed E-state index contributed by atoms with van der Waals surface area (Å²) in [5.74, 6) is 0.531. The van der Waals surface area contributed by atoms with Crippen molar-refractivity contribution in [3.05, 3.63) is 0 Å². The third-order valence-corrected chi connectivity index (χ3v) is 4.21. The van der Waals surface area contributed by atoms with Gasteiger partial charge in [-0.2, -0.15) is 26.3 Å². The number of rotatable bonds is 5. The van der Waals surface area contributed by atoms with Crippen LogP contribution in [0, 0.1) is 11.3 Å². The first kappa shape index (κ1) is 18.2. The zero-order valence-corrected chi connectivity index (χ0v) is 12.3. The number of alkyl halides is 6. The summed E-state index contributed by atoms with van der Waals surface area (Å²) >= 11 is 0. The highest BCUT2D eigenvalue weighted by atomic mass is 19.4. The number of carbonyl (C=O) groups excluding carboxylic acids is 1. The molecule has 0 radical (unpaired) electrons. The first-order valence-electron chi connectivity index (χ1n) is 7.31. The molecule has 0 unspecified atom stereocenters. The predicted octanol–water partition coefficient (Wildman–Crippen LogP) is 2.94. The lowest BCUT2D eigenvalue weighted by atomic mass is 9.85. The van der Waals surface area contributed by atoms with Crippen molar-refractivity contribution in [3.8, 4) is 0 Å². The van der Waals surface area contributed by atoms with Crippen LogP contribution in [0.3, 0.4) is 0 Å². The minimum atomic E-state index is -5.45. The third kappa shape index (κ3) is 4.02. The Balaban J connectivity index is 1.83. The van der Waals surface area contributed by atoms with E-state index in [2.05, 4.69) is 5.32 Å². The first-order valence-corrected chi connectivity index (χ1v) is 7.31. The number of amides is 2. The molecule has 1 saturated heterocycles. The van der Waals surface area contributed by atoms with Gasteiger partial charge in [0.2, 0.25) is 0 Å². The van der Waals surface area contributed by atoms with Gasteiger partial charge in [-0.1, -0.05) is 0 Å². The number of nitrogens with one attached hydrogen (secondary N) is 1. The minimum absolute atomic E-state index is 0.0487. The van der Waals surface area contributed by atoms with Crippen LogP contribution in [0.15, 0.2) is 0 Å². The quantitative estimate of drug-likeness (QED) is 0.613. The fourth-order valence-electron chi connectivity index (χ4n) is 2.48. The number of hydrogen-bond acceptors (Lipinski definition) is 2. The molecule has 1 aliphatic heterocycles. The molecule has 10 heteroatoms. The molecule has 1 aliphatic carbocycles. The van der Waals surface area contributed by atoms with E-state index in [4.69, 9.17) is 4.74 Å². The van der Waals surface area contributed by atoms with E-state index in [9.17, 15) is 31.1 Å². The number of hydrogen-bond donors (Lipinski definition) is 1. The molecule has 4 nitrogen and oxygen atoms in total. The van der Waals surface area contributed by atoms with Crippen LogP contribution < -0.4 is 5.32 Å². The molecule has 0 spiro atoms.